The van der Waals surface area contributed by atoms with Crippen LogP contribution in [0.3, 0.4) is 0 Å². The Labute approximate surface area is 132 Å². The summed E-state index contributed by atoms with van der Waals surface area (Å²) in [5.74, 6) is -0.407. The quantitative estimate of drug-likeness (QED) is 0.669. The fourth-order valence-electron chi connectivity index (χ4n) is 4.99. The molecule has 1 aromatic carbocycles. The predicted octanol–water partition coefficient (Wildman–Crippen LogP) is 1.94. The van der Waals surface area contributed by atoms with Crippen LogP contribution in [0.4, 0.5) is 5.69 Å². The Kier molecular flexibility index (Phi) is 2.33. The maximum Gasteiger partial charge on any atom is 0.335 e. The number of hydrogen-bond donors (Lipinski definition) is 1. The minimum Gasteiger partial charge on any atom is -0.478 e. The zero-order valence-electron chi connectivity index (χ0n) is 12.3. The van der Waals surface area contributed by atoms with Gasteiger partial charge in [0.05, 0.1) is 23.1 Å². The smallest absolute Gasteiger partial charge is 0.335 e. The number of nitrogens with zero attached hydrogens (tertiary/aromatic N) is 1. The van der Waals surface area contributed by atoms with E-state index in [1.807, 2.05) is 0 Å². The number of aromatic carboxylic acids is 1. The number of hydrogen-bond acceptors (Lipinski definition) is 3. The highest BCUT2D eigenvalue weighted by molar-refractivity contribution is 6.22. The van der Waals surface area contributed by atoms with Gasteiger partial charge in [0.1, 0.15) is 0 Å². The van der Waals surface area contributed by atoms with E-state index in [1.54, 1.807) is 12.1 Å². The maximum atomic E-state index is 12.9. The highest BCUT2D eigenvalue weighted by Crippen LogP contribution is 2.65. The van der Waals surface area contributed by atoms with Gasteiger partial charge in [-0.05, 0) is 48.3 Å². The van der Waals surface area contributed by atoms with E-state index in [0.717, 1.165) is 6.42 Å². The largest absolute Gasteiger partial charge is 0.478 e. The number of carboxylic acid groups (broad SMARTS) is 1. The van der Waals surface area contributed by atoms with E-state index < -0.39 is 5.97 Å². The molecule has 3 fully saturated rings. The number of amides is 2. The van der Waals surface area contributed by atoms with Gasteiger partial charge in [-0.15, -0.1) is 0 Å². The average Bonchev–Trinajstić information content (AvgIpc) is 3.32. The summed E-state index contributed by atoms with van der Waals surface area (Å²) in [6.45, 7) is 0. The van der Waals surface area contributed by atoms with Crippen molar-refractivity contribution < 1.29 is 19.5 Å². The SMILES string of the molecule is O=C(O)c1cccc(N2C(=O)[C@H]3[C@@H]4C=C[C@H]([C@@H]5C[C@@H]45)[C@@H]3C2=O)c1. The summed E-state index contributed by atoms with van der Waals surface area (Å²) < 4.78 is 0. The van der Waals surface area contributed by atoms with Crippen molar-refractivity contribution in [3.8, 4) is 0 Å². The van der Waals surface area contributed by atoms with Gasteiger partial charge in [-0.3, -0.25) is 9.59 Å². The zero-order chi connectivity index (χ0) is 15.9. The first-order chi connectivity index (χ1) is 11.1. The highest BCUT2D eigenvalue weighted by Gasteiger charge is 2.67. The minimum atomic E-state index is -1.06. The molecule has 1 aliphatic heterocycles. The summed E-state index contributed by atoms with van der Waals surface area (Å²) in [5, 5.41) is 9.13. The number of benzene rings is 1. The lowest BCUT2D eigenvalue weighted by molar-refractivity contribution is -0.124. The second-order valence-electron chi connectivity index (χ2n) is 7.02. The predicted molar refractivity (Wildman–Crippen MR) is 80.6 cm³/mol. The number of carboxylic acids is 1. The van der Waals surface area contributed by atoms with Crippen LogP contribution in [0.2, 0.25) is 0 Å². The Morgan fingerprint density at radius 2 is 1.65 bits per heavy atom. The van der Waals surface area contributed by atoms with Gasteiger partial charge < -0.3 is 5.11 Å². The van der Waals surface area contributed by atoms with Crippen molar-refractivity contribution in [1.29, 1.82) is 0 Å². The van der Waals surface area contributed by atoms with Gasteiger partial charge in [0, 0.05) is 0 Å². The Bertz CT molecular complexity index is 762. The van der Waals surface area contributed by atoms with Crippen molar-refractivity contribution in [2.24, 2.45) is 35.5 Å². The molecule has 6 atom stereocenters. The first-order valence-corrected chi connectivity index (χ1v) is 7.97. The molecule has 2 saturated carbocycles. The minimum absolute atomic E-state index is 0.0851. The van der Waals surface area contributed by atoms with Crippen LogP contribution < -0.4 is 4.90 Å². The lowest BCUT2D eigenvalue weighted by Gasteiger charge is -2.37. The monoisotopic (exact) mass is 309 g/mol. The summed E-state index contributed by atoms with van der Waals surface area (Å²) in [6, 6.07) is 6.08. The Hall–Kier alpha value is -2.43. The number of allylic oxidation sites excluding steroid dienone is 2. The molecule has 5 heteroatoms. The van der Waals surface area contributed by atoms with E-state index in [1.165, 1.54) is 17.0 Å². The molecule has 2 bridgehead atoms. The van der Waals surface area contributed by atoms with E-state index in [2.05, 4.69) is 12.2 Å². The molecular weight excluding hydrogens is 294 g/mol. The van der Waals surface area contributed by atoms with Crippen LogP contribution in [0.25, 0.3) is 0 Å². The number of carbonyl (C=O) groups is 3. The summed E-state index contributed by atoms with van der Waals surface area (Å²) in [6.07, 6.45) is 5.38. The summed E-state index contributed by atoms with van der Waals surface area (Å²) in [5.41, 5.74) is 0.462. The molecule has 4 aliphatic carbocycles. The van der Waals surface area contributed by atoms with Crippen LogP contribution in [0.5, 0.6) is 0 Å². The molecule has 0 unspecified atom stereocenters. The van der Waals surface area contributed by atoms with Gasteiger partial charge in [-0.25, -0.2) is 9.69 Å². The van der Waals surface area contributed by atoms with Gasteiger partial charge in [0.25, 0.3) is 0 Å². The van der Waals surface area contributed by atoms with E-state index in [0.29, 0.717) is 17.5 Å². The number of carbonyl (C=O) groups excluding carboxylic acids is 2. The van der Waals surface area contributed by atoms with Crippen LogP contribution in [0.1, 0.15) is 16.8 Å². The van der Waals surface area contributed by atoms with Gasteiger partial charge >= 0.3 is 5.97 Å². The van der Waals surface area contributed by atoms with Crippen LogP contribution in [-0.2, 0) is 9.59 Å². The molecule has 5 aliphatic rings. The van der Waals surface area contributed by atoms with Crippen molar-refractivity contribution in [2.45, 2.75) is 6.42 Å². The summed E-state index contributed by atoms with van der Waals surface area (Å²) in [7, 11) is 0. The molecule has 2 amide bonds. The Morgan fingerprint density at radius 1 is 1.04 bits per heavy atom. The summed E-state index contributed by atoms with van der Waals surface area (Å²) in [4.78, 5) is 38.2. The number of rotatable bonds is 2. The first kappa shape index (κ1) is 13.0. The third-order valence-corrected chi connectivity index (χ3v) is 6.01. The van der Waals surface area contributed by atoms with E-state index >= 15 is 0 Å². The van der Waals surface area contributed by atoms with Crippen molar-refractivity contribution in [2.75, 3.05) is 4.90 Å². The molecule has 6 rings (SSSR count). The normalized spacial score (nSPS) is 39.4. The molecule has 0 radical (unpaired) electrons. The van der Waals surface area contributed by atoms with Crippen LogP contribution in [0.15, 0.2) is 36.4 Å². The molecule has 116 valence electrons. The maximum absolute atomic E-state index is 12.9. The molecule has 1 N–H and O–H groups in total. The third kappa shape index (κ3) is 1.54. The van der Waals surface area contributed by atoms with Crippen LogP contribution >= 0.6 is 0 Å². The Balaban J connectivity index is 1.57. The van der Waals surface area contributed by atoms with E-state index in [-0.39, 0.29) is 41.0 Å². The number of imide groups is 1. The second-order valence-corrected chi connectivity index (χ2v) is 7.02. The van der Waals surface area contributed by atoms with Crippen LogP contribution in [0, 0.1) is 35.5 Å². The fourth-order valence-corrected chi connectivity index (χ4v) is 4.99. The van der Waals surface area contributed by atoms with Crippen molar-refractivity contribution in [3.63, 3.8) is 0 Å². The average molecular weight is 309 g/mol. The lowest BCUT2D eigenvalue weighted by atomic mass is 9.63. The van der Waals surface area contributed by atoms with Crippen molar-refractivity contribution >= 4 is 23.5 Å². The Morgan fingerprint density at radius 3 is 2.22 bits per heavy atom. The van der Waals surface area contributed by atoms with Crippen molar-refractivity contribution in [1.82, 2.24) is 0 Å². The molecule has 1 aromatic rings. The molecule has 5 nitrogen and oxygen atoms in total. The first-order valence-electron chi connectivity index (χ1n) is 7.97. The molecule has 1 saturated heterocycles. The lowest BCUT2D eigenvalue weighted by Crippen LogP contribution is -2.40. The van der Waals surface area contributed by atoms with Crippen molar-refractivity contribution in [3.05, 3.63) is 42.0 Å². The number of anilines is 1. The third-order valence-electron chi connectivity index (χ3n) is 6.01. The van der Waals surface area contributed by atoms with E-state index in [4.69, 9.17) is 5.11 Å². The molecule has 1 heterocycles. The molecule has 0 spiro atoms. The van der Waals surface area contributed by atoms with Gasteiger partial charge in [0.2, 0.25) is 11.8 Å². The van der Waals surface area contributed by atoms with Gasteiger partial charge in [0.15, 0.2) is 0 Å². The van der Waals surface area contributed by atoms with Gasteiger partial charge in [-0.1, -0.05) is 18.2 Å². The summed E-state index contributed by atoms with van der Waals surface area (Å²) >= 11 is 0. The fraction of sp³-hybridized carbons (Fsp3) is 0.389. The van der Waals surface area contributed by atoms with E-state index in [9.17, 15) is 14.4 Å². The standard InChI is InChI=1S/C18H15NO4/c20-16-14-10-4-5-11(13-7-12(10)13)15(14)17(21)19(16)9-3-1-2-8(6-9)18(22)23/h1-6,10-15H,7H2,(H,22,23)/t10-,11-,12+,13+,14+,15+/m1/s1. The molecule has 23 heavy (non-hydrogen) atoms. The highest BCUT2D eigenvalue weighted by atomic mass is 16.4. The second kappa shape index (κ2) is 4.10. The molecule has 0 aromatic heterocycles. The zero-order valence-corrected chi connectivity index (χ0v) is 12.3. The molecular formula is C18H15NO4. The topological polar surface area (TPSA) is 74.7 Å². The van der Waals surface area contributed by atoms with Gasteiger partial charge in [-0.2, -0.15) is 0 Å². The van der Waals surface area contributed by atoms with Crippen LogP contribution in [-0.4, -0.2) is 22.9 Å².